The van der Waals surface area contributed by atoms with Gasteiger partial charge in [0.25, 0.3) is 5.91 Å². The molecule has 1 aromatic carbocycles. The number of benzene rings is 1. The molecule has 1 saturated heterocycles. The van der Waals surface area contributed by atoms with Crippen molar-refractivity contribution in [2.75, 3.05) is 45.4 Å². The van der Waals surface area contributed by atoms with E-state index >= 15 is 0 Å². The molecule has 0 unspecified atom stereocenters. The maximum absolute atomic E-state index is 12.6. The van der Waals surface area contributed by atoms with Gasteiger partial charge in [0.2, 0.25) is 6.79 Å². The van der Waals surface area contributed by atoms with Gasteiger partial charge in [0.05, 0.1) is 0 Å². The summed E-state index contributed by atoms with van der Waals surface area (Å²) in [5.41, 5.74) is 2.54. The average molecular weight is 409 g/mol. The van der Waals surface area contributed by atoms with Gasteiger partial charge in [-0.15, -0.1) is 0 Å². The van der Waals surface area contributed by atoms with Gasteiger partial charge >= 0.3 is 0 Å². The van der Waals surface area contributed by atoms with Crippen molar-refractivity contribution in [3.63, 3.8) is 0 Å². The number of fused-ring (bicyclic) bond motifs is 2. The Balaban J connectivity index is 1.46. The van der Waals surface area contributed by atoms with Gasteiger partial charge in [0.1, 0.15) is 17.3 Å². The monoisotopic (exact) mass is 409 g/mol. The molecule has 158 valence electrons. The molecule has 1 fully saturated rings. The molecule has 8 nitrogen and oxygen atoms in total. The average Bonchev–Trinajstić information content (AvgIpc) is 3.22. The maximum Gasteiger partial charge on any atom is 0.270 e. The Morgan fingerprint density at radius 3 is 2.77 bits per heavy atom. The summed E-state index contributed by atoms with van der Waals surface area (Å²) in [5.74, 6) is 3.00. The summed E-state index contributed by atoms with van der Waals surface area (Å²) >= 11 is 0. The first-order valence-electron chi connectivity index (χ1n) is 10.6. The van der Waals surface area contributed by atoms with Crippen LogP contribution >= 0.6 is 0 Å². The van der Waals surface area contributed by atoms with Crippen LogP contribution < -0.4 is 19.7 Å². The third-order valence-corrected chi connectivity index (χ3v) is 6.20. The minimum Gasteiger partial charge on any atom is -0.454 e. The van der Waals surface area contributed by atoms with Crippen LogP contribution in [0.2, 0.25) is 0 Å². The number of ether oxygens (including phenoxy) is 2. The van der Waals surface area contributed by atoms with E-state index in [4.69, 9.17) is 14.5 Å². The number of nitrogens with zero attached hydrogens (tertiary/aromatic N) is 4. The van der Waals surface area contributed by atoms with Crippen LogP contribution in [-0.4, -0.2) is 67.3 Å². The second-order valence-corrected chi connectivity index (χ2v) is 8.34. The van der Waals surface area contributed by atoms with E-state index in [9.17, 15) is 4.79 Å². The highest BCUT2D eigenvalue weighted by Gasteiger charge is 2.29. The largest absolute Gasteiger partial charge is 0.454 e. The minimum atomic E-state index is -0.102. The van der Waals surface area contributed by atoms with Crippen molar-refractivity contribution in [3.05, 3.63) is 40.8 Å². The topological polar surface area (TPSA) is 79.8 Å². The van der Waals surface area contributed by atoms with Gasteiger partial charge in [-0.2, -0.15) is 0 Å². The van der Waals surface area contributed by atoms with Gasteiger partial charge < -0.3 is 24.6 Å². The molecule has 0 radical (unpaired) electrons. The van der Waals surface area contributed by atoms with Crippen LogP contribution in [0.5, 0.6) is 11.5 Å². The van der Waals surface area contributed by atoms with E-state index in [1.807, 2.05) is 18.2 Å². The molecule has 1 aromatic heterocycles. The number of anilines is 1. The fourth-order valence-electron chi connectivity index (χ4n) is 4.49. The van der Waals surface area contributed by atoms with E-state index in [2.05, 4.69) is 34.2 Å². The number of carbonyl (C=O) groups excluding carboxylic acids is 1. The summed E-state index contributed by atoms with van der Waals surface area (Å²) in [4.78, 5) is 26.8. The number of hydrogen-bond acceptors (Lipinski definition) is 7. The van der Waals surface area contributed by atoms with Crippen LogP contribution in [0.25, 0.3) is 0 Å². The molecule has 3 aliphatic heterocycles. The van der Waals surface area contributed by atoms with Gasteiger partial charge in [-0.3, -0.25) is 4.79 Å². The van der Waals surface area contributed by atoms with E-state index in [0.717, 1.165) is 60.8 Å². The number of amides is 1. The van der Waals surface area contributed by atoms with E-state index in [1.54, 1.807) is 0 Å². The second kappa shape index (κ2) is 7.75. The van der Waals surface area contributed by atoms with Gasteiger partial charge in [-0.25, -0.2) is 9.97 Å². The van der Waals surface area contributed by atoms with E-state index in [1.165, 1.54) is 0 Å². The molecule has 0 spiro atoms. The third kappa shape index (κ3) is 3.56. The summed E-state index contributed by atoms with van der Waals surface area (Å²) in [6.45, 7) is 2.77. The van der Waals surface area contributed by atoms with E-state index in [0.29, 0.717) is 30.5 Å². The molecule has 0 saturated carbocycles. The Labute approximate surface area is 176 Å². The molecule has 0 aliphatic carbocycles. The van der Waals surface area contributed by atoms with Crippen LogP contribution in [0, 0.1) is 0 Å². The lowest BCUT2D eigenvalue weighted by atomic mass is 10.0. The van der Waals surface area contributed by atoms with Crippen molar-refractivity contribution in [2.45, 2.75) is 31.7 Å². The van der Waals surface area contributed by atoms with Crippen molar-refractivity contribution < 1.29 is 14.3 Å². The number of aromatic nitrogens is 2. The van der Waals surface area contributed by atoms with Crippen LogP contribution in [0.15, 0.2) is 18.2 Å². The zero-order chi connectivity index (χ0) is 20.7. The number of rotatable bonds is 4. The molecular formula is C22H27N5O3. The standard InChI is InChI=1S/C22H27N5O3/c1-26(2)15-6-9-27(10-7-15)21-16-5-8-23-22(28)20(16)24-19(25-21)12-14-3-4-17-18(11-14)30-13-29-17/h3-4,11,15H,5-10,12-13H2,1-2H3,(H,23,28). The van der Waals surface area contributed by atoms with Gasteiger partial charge in [0, 0.05) is 37.7 Å². The maximum atomic E-state index is 12.6. The van der Waals surface area contributed by atoms with Crippen LogP contribution in [0.3, 0.4) is 0 Å². The van der Waals surface area contributed by atoms with Crippen LogP contribution in [0.4, 0.5) is 5.82 Å². The summed E-state index contributed by atoms with van der Waals surface area (Å²) in [6.07, 6.45) is 3.50. The van der Waals surface area contributed by atoms with Gasteiger partial charge in [-0.05, 0) is 51.1 Å². The van der Waals surface area contributed by atoms with Crippen LogP contribution in [-0.2, 0) is 12.8 Å². The summed E-state index contributed by atoms with van der Waals surface area (Å²) < 4.78 is 10.9. The highest BCUT2D eigenvalue weighted by Crippen LogP contribution is 2.33. The summed E-state index contributed by atoms with van der Waals surface area (Å²) in [7, 11) is 4.28. The lowest BCUT2D eigenvalue weighted by Crippen LogP contribution is -2.43. The first kappa shape index (κ1) is 19.1. The number of piperidine rings is 1. The Bertz CT molecular complexity index is 969. The predicted octanol–water partition coefficient (Wildman–Crippen LogP) is 1.61. The molecule has 0 atom stereocenters. The highest BCUT2D eigenvalue weighted by atomic mass is 16.7. The molecule has 30 heavy (non-hydrogen) atoms. The first-order valence-corrected chi connectivity index (χ1v) is 10.6. The van der Waals surface area contributed by atoms with Crippen molar-refractivity contribution >= 4 is 11.7 Å². The molecular weight excluding hydrogens is 382 g/mol. The fourth-order valence-corrected chi connectivity index (χ4v) is 4.49. The summed E-state index contributed by atoms with van der Waals surface area (Å²) in [5, 5.41) is 2.92. The SMILES string of the molecule is CN(C)C1CCN(c2nc(Cc3ccc4c(c3)OCO4)nc3c2CCNC3=O)CC1. The molecule has 1 N–H and O–H groups in total. The van der Waals surface area contributed by atoms with Crippen molar-refractivity contribution in [2.24, 2.45) is 0 Å². The smallest absolute Gasteiger partial charge is 0.270 e. The third-order valence-electron chi connectivity index (χ3n) is 6.20. The highest BCUT2D eigenvalue weighted by molar-refractivity contribution is 5.96. The zero-order valence-corrected chi connectivity index (χ0v) is 17.5. The van der Waals surface area contributed by atoms with Crippen molar-refractivity contribution in [1.29, 1.82) is 0 Å². The Morgan fingerprint density at radius 1 is 1.17 bits per heavy atom. The second-order valence-electron chi connectivity index (χ2n) is 8.34. The lowest BCUT2D eigenvalue weighted by molar-refractivity contribution is 0.0940. The van der Waals surface area contributed by atoms with Gasteiger partial charge in [-0.1, -0.05) is 6.07 Å². The molecule has 1 amide bonds. The molecule has 0 bridgehead atoms. The quantitative estimate of drug-likeness (QED) is 0.822. The predicted molar refractivity (Wildman–Crippen MR) is 112 cm³/mol. The molecule has 8 heteroatoms. The lowest BCUT2D eigenvalue weighted by Gasteiger charge is -2.37. The fraction of sp³-hybridized carbons (Fsp3) is 0.500. The molecule has 2 aromatic rings. The van der Waals surface area contributed by atoms with Gasteiger partial charge in [0.15, 0.2) is 11.5 Å². The van der Waals surface area contributed by atoms with Crippen molar-refractivity contribution in [1.82, 2.24) is 20.2 Å². The Hall–Kier alpha value is -2.87. The number of hydrogen-bond donors (Lipinski definition) is 1. The zero-order valence-electron chi connectivity index (χ0n) is 17.5. The van der Waals surface area contributed by atoms with Crippen molar-refractivity contribution in [3.8, 4) is 11.5 Å². The minimum absolute atomic E-state index is 0.102. The summed E-state index contributed by atoms with van der Waals surface area (Å²) in [6, 6.07) is 6.47. The number of nitrogens with one attached hydrogen (secondary N) is 1. The Kier molecular flexibility index (Phi) is 4.94. The number of carbonyl (C=O) groups is 1. The normalized spacial score (nSPS) is 18.5. The molecule has 4 heterocycles. The molecule has 3 aliphatic rings. The Morgan fingerprint density at radius 2 is 1.97 bits per heavy atom. The van der Waals surface area contributed by atoms with E-state index in [-0.39, 0.29) is 12.7 Å². The van der Waals surface area contributed by atoms with Crippen LogP contribution in [0.1, 0.15) is 40.3 Å². The first-order chi connectivity index (χ1) is 14.6. The molecule has 5 rings (SSSR count). The van der Waals surface area contributed by atoms with E-state index < -0.39 is 0 Å².